The molecule has 0 bridgehead atoms. The average Bonchev–Trinajstić information content (AvgIpc) is 2.53. The van der Waals surface area contributed by atoms with E-state index in [2.05, 4.69) is 4.74 Å². The molecule has 0 aliphatic rings. The van der Waals surface area contributed by atoms with Crippen LogP contribution in [-0.2, 0) is 9.47 Å². The largest absolute Gasteiger partial charge is 0.465 e. The number of carbonyl (C=O) groups excluding carboxylic acids is 2. The smallest absolute Gasteiger partial charge is 0.338 e. The van der Waals surface area contributed by atoms with Crippen molar-refractivity contribution in [3.63, 3.8) is 0 Å². The molecule has 0 atom stereocenters. The Balaban J connectivity index is 2.63. The molecule has 0 fully saturated rings. The molecule has 0 radical (unpaired) electrons. The van der Waals surface area contributed by atoms with Crippen molar-refractivity contribution in [2.75, 3.05) is 14.2 Å². The predicted octanol–water partition coefficient (Wildman–Crippen LogP) is 3.07. The molecule has 0 N–H and O–H groups in total. The molecule has 0 aliphatic heterocycles. The van der Waals surface area contributed by atoms with Gasteiger partial charge < -0.3 is 9.47 Å². The lowest BCUT2D eigenvalue weighted by Gasteiger charge is -2.10. The van der Waals surface area contributed by atoms with E-state index in [1.54, 1.807) is 18.2 Å². The first-order valence-electron chi connectivity index (χ1n) is 6.14. The maximum Gasteiger partial charge on any atom is 0.338 e. The van der Waals surface area contributed by atoms with E-state index < -0.39 is 17.8 Å². The van der Waals surface area contributed by atoms with Crippen molar-refractivity contribution < 1.29 is 23.5 Å². The molecular formula is C16H13FO4. The average molecular weight is 288 g/mol. The van der Waals surface area contributed by atoms with Gasteiger partial charge in [0.05, 0.1) is 25.3 Å². The van der Waals surface area contributed by atoms with Gasteiger partial charge in [0.2, 0.25) is 0 Å². The van der Waals surface area contributed by atoms with Crippen LogP contribution >= 0.6 is 0 Å². The Morgan fingerprint density at radius 2 is 1.57 bits per heavy atom. The molecule has 0 amide bonds. The summed E-state index contributed by atoms with van der Waals surface area (Å²) in [4.78, 5) is 23.4. The minimum atomic E-state index is -0.654. The SMILES string of the molecule is COC(=O)c1ccc(-c2ccccc2F)c(C(=O)OC)c1. The molecule has 0 aliphatic carbocycles. The first kappa shape index (κ1) is 14.7. The number of ether oxygens (including phenoxy) is 2. The van der Waals surface area contributed by atoms with Gasteiger partial charge >= 0.3 is 11.9 Å². The van der Waals surface area contributed by atoms with Crippen LogP contribution in [0, 0.1) is 5.82 Å². The number of methoxy groups -OCH3 is 2. The molecule has 2 aromatic rings. The van der Waals surface area contributed by atoms with E-state index in [0.717, 1.165) is 0 Å². The van der Waals surface area contributed by atoms with Crippen LogP contribution in [-0.4, -0.2) is 26.2 Å². The predicted molar refractivity (Wildman–Crippen MR) is 74.5 cm³/mol. The van der Waals surface area contributed by atoms with E-state index >= 15 is 0 Å². The van der Waals surface area contributed by atoms with Crippen LogP contribution in [0.15, 0.2) is 42.5 Å². The molecule has 0 unspecified atom stereocenters. The summed E-state index contributed by atoms with van der Waals surface area (Å²) in [5, 5.41) is 0. The maximum absolute atomic E-state index is 13.9. The second-order valence-corrected chi connectivity index (χ2v) is 4.22. The molecule has 5 heteroatoms. The zero-order valence-electron chi connectivity index (χ0n) is 11.6. The van der Waals surface area contributed by atoms with Crippen LogP contribution in [0.1, 0.15) is 20.7 Å². The normalized spacial score (nSPS) is 10.0. The van der Waals surface area contributed by atoms with E-state index in [-0.39, 0.29) is 16.7 Å². The van der Waals surface area contributed by atoms with Crippen LogP contribution in [0.25, 0.3) is 11.1 Å². The highest BCUT2D eigenvalue weighted by Crippen LogP contribution is 2.28. The molecule has 4 nitrogen and oxygen atoms in total. The van der Waals surface area contributed by atoms with Gasteiger partial charge in [-0.3, -0.25) is 0 Å². The topological polar surface area (TPSA) is 52.6 Å². The minimum absolute atomic E-state index is 0.102. The number of hydrogen-bond donors (Lipinski definition) is 0. The minimum Gasteiger partial charge on any atom is -0.465 e. The number of carbonyl (C=O) groups is 2. The molecule has 2 rings (SSSR count). The van der Waals surface area contributed by atoms with Gasteiger partial charge in [-0.1, -0.05) is 24.3 Å². The molecule has 0 aromatic heterocycles. The second kappa shape index (κ2) is 6.17. The van der Waals surface area contributed by atoms with Crippen LogP contribution < -0.4 is 0 Å². The first-order chi connectivity index (χ1) is 10.1. The third-order valence-corrected chi connectivity index (χ3v) is 3.01. The highest BCUT2D eigenvalue weighted by atomic mass is 19.1. The van der Waals surface area contributed by atoms with Gasteiger partial charge in [-0.15, -0.1) is 0 Å². The molecule has 0 saturated heterocycles. The van der Waals surface area contributed by atoms with Crippen LogP contribution in [0.5, 0.6) is 0 Å². The lowest BCUT2D eigenvalue weighted by molar-refractivity contribution is 0.0600. The summed E-state index contributed by atoms with van der Waals surface area (Å²) in [5.41, 5.74) is 0.908. The van der Waals surface area contributed by atoms with Gasteiger partial charge in [-0.25, -0.2) is 14.0 Å². The monoisotopic (exact) mass is 288 g/mol. The zero-order chi connectivity index (χ0) is 15.4. The van der Waals surface area contributed by atoms with Crippen molar-refractivity contribution in [3.05, 3.63) is 59.4 Å². The summed E-state index contributed by atoms with van der Waals surface area (Å²) in [6.45, 7) is 0. The molecule has 0 saturated carbocycles. The number of rotatable bonds is 3. The zero-order valence-corrected chi connectivity index (χ0v) is 11.6. The van der Waals surface area contributed by atoms with Crippen LogP contribution in [0.4, 0.5) is 4.39 Å². The van der Waals surface area contributed by atoms with Crippen LogP contribution in [0.3, 0.4) is 0 Å². The molecule has 2 aromatic carbocycles. The van der Waals surface area contributed by atoms with Gasteiger partial charge in [-0.05, 0) is 23.8 Å². The summed E-state index contributed by atoms with van der Waals surface area (Å²) in [7, 11) is 2.46. The first-order valence-corrected chi connectivity index (χ1v) is 6.14. The third kappa shape index (κ3) is 2.91. The molecule has 0 heterocycles. The Labute approximate surface area is 121 Å². The maximum atomic E-state index is 13.9. The fourth-order valence-corrected chi connectivity index (χ4v) is 1.98. The van der Waals surface area contributed by atoms with E-state index in [4.69, 9.17) is 4.74 Å². The van der Waals surface area contributed by atoms with E-state index in [9.17, 15) is 14.0 Å². The molecule has 0 spiro atoms. The summed E-state index contributed by atoms with van der Waals surface area (Å²) < 4.78 is 23.2. The lowest BCUT2D eigenvalue weighted by Crippen LogP contribution is -2.08. The standard InChI is InChI=1S/C16H13FO4/c1-20-15(18)10-7-8-11(13(9-10)16(19)21-2)12-5-3-4-6-14(12)17/h3-9H,1-2H3. The summed E-state index contributed by atoms with van der Waals surface area (Å²) in [6, 6.07) is 10.4. The fraction of sp³-hybridized carbons (Fsp3) is 0.125. The highest BCUT2D eigenvalue weighted by Gasteiger charge is 2.18. The Morgan fingerprint density at radius 3 is 2.19 bits per heavy atom. The molecule has 108 valence electrons. The van der Waals surface area contributed by atoms with Gasteiger partial charge in [-0.2, -0.15) is 0 Å². The van der Waals surface area contributed by atoms with Crippen molar-refractivity contribution in [2.24, 2.45) is 0 Å². The van der Waals surface area contributed by atoms with Crippen LogP contribution in [0.2, 0.25) is 0 Å². The third-order valence-electron chi connectivity index (χ3n) is 3.01. The van der Waals surface area contributed by atoms with Crippen molar-refractivity contribution in [2.45, 2.75) is 0 Å². The van der Waals surface area contributed by atoms with E-state index in [1.807, 2.05) is 0 Å². The Kier molecular flexibility index (Phi) is 4.33. The van der Waals surface area contributed by atoms with Crippen molar-refractivity contribution in [1.29, 1.82) is 0 Å². The van der Waals surface area contributed by atoms with Gasteiger partial charge in [0.1, 0.15) is 5.82 Å². The lowest BCUT2D eigenvalue weighted by atomic mass is 9.97. The Bertz CT molecular complexity index is 694. The summed E-state index contributed by atoms with van der Waals surface area (Å²) in [5.74, 6) is -1.70. The highest BCUT2D eigenvalue weighted by molar-refractivity contribution is 6.00. The summed E-state index contributed by atoms with van der Waals surface area (Å²) in [6.07, 6.45) is 0. The number of esters is 2. The second-order valence-electron chi connectivity index (χ2n) is 4.22. The molecule has 21 heavy (non-hydrogen) atoms. The fourth-order valence-electron chi connectivity index (χ4n) is 1.98. The Morgan fingerprint density at radius 1 is 0.905 bits per heavy atom. The quantitative estimate of drug-likeness (QED) is 0.814. The molecular weight excluding hydrogens is 275 g/mol. The number of hydrogen-bond acceptors (Lipinski definition) is 4. The van der Waals surface area contributed by atoms with Crippen molar-refractivity contribution in [3.8, 4) is 11.1 Å². The number of benzene rings is 2. The Hall–Kier alpha value is -2.69. The van der Waals surface area contributed by atoms with Crippen molar-refractivity contribution in [1.82, 2.24) is 0 Å². The number of halogens is 1. The van der Waals surface area contributed by atoms with Gasteiger partial charge in [0.15, 0.2) is 0 Å². The van der Waals surface area contributed by atoms with Gasteiger partial charge in [0, 0.05) is 5.56 Å². The van der Waals surface area contributed by atoms with E-state index in [0.29, 0.717) is 5.56 Å². The van der Waals surface area contributed by atoms with Crippen molar-refractivity contribution >= 4 is 11.9 Å². The van der Waals surface area contributed by atoms with Gasteiger partial charge in [0.25, 0.3) is 0 Å². The van der Waals surface area contributed by atoms with E-state index in [1.165, 1.54) is 38.5 Å². The summed E-state index contributed by atoms with van der Waals surface area (Å²) >= 11 is 0.